The molecule has 0 saturated carbocycles. The van der Waals surface area contributed by atoms with Gasteiger partial charge in [-0.05, 0) is 25.8 Å². The molecule has 0 amide bonds. The van der Waals surface area contributed by atoms with E-state index in [0.29, 0.717) is 4.90 Å². The Morgan fingerprint density at radius 2 is 1.78 bits per heavy atom. The summed E-state index contributed by atoms with van der Waals surface area (Å²) >= 11 is 0. The van der Waals surface area contributed by atoms with E-state index in [4.69, 9.17) is 5.73 Å². The van der Waals surface area contributed by atoms with E-state index >= 15 is 0 Å². The van der Waals surface area contributed by atoms with Crippen molar-refractivity contribution in [2.75, 3.05) is 6.54 Å². The Morgan fingerprint density at radius 3 is 2.35 bits per heavy atom. The van der Waals surface area contributed by atoms with Gasteiger partial charge in [0, 0.05) is 35.7 Å². The highest BCUT2D eigenvalue weighted by Crippen LogP contribution is 2.28. The van der Waals surface area contributed by atoms with Crippen LogP contribution in [0, 0.1) is 6.92 Å². The van der Waals surface area contributed by atoms with Crippen LogP contribution in [0.3, 0.4) is 0 Å². The second-order valence-corrected chi connectivity index (χ2v) is 7.59. The summed E-state index contributed by atoms with van der Waals surface area (Å²) in [6.45, 7) is 6.01. The lowest BCUT2D eigenvalue weighted by atomic mass is 9.95. The smallest absolute Gasteiger partial charge is 0.243 e. The fourth-order valence-corrected chi connectivity index (χ4v) is 4.25. The molecular weight excluding hydrogens is 334 g/mol. The van der Waals surface area contributed by atoms with Gasteiger partial charge in [0.25, 0.3) is 0 Å². The molecule has 2 aromatic rings. The maximum Gasteiger partial charge on any atom is 0.243 e. The molecule has 5 nitrogen and oxygen atoms in total. The van der Waals surface area contributed by atoms with Crippen molar-refractivity contribution in [3.05, 3.63) is 30.0 Å². The van der Waals surface area contributed by atoms with Gasteiger partial charge in [0.15, 0.2) is 0 Å². The number of nitrogens with one attached hydrogen (secondary N) is 1. The zero-order chi connectivity index (χ0) is 16.5. The molecule has 0 spiro atoms. The number of para-hydroxylation sites is 1. The van der Waals surface area contributed by atoms with Crippen molar-refractivity contribution >= 4 is 33.3 Å². The third kappa shape index (κ3) is 3.71. The minimum Gasteiger partial charge on any atom is -0.347 e. The number of rotatable bonds is 6. The van der Waals surface area contributed by atoms with Crippen LogP contribution in [-0.2, 0) is 17.1 Å². The maximum absolute atomic E-state index is 12.8. The van der Waals surface area contributed by atoms with E-state index in [-0.39, 0.29) is 19.0 Å². The van der Waals surface area contributed by atoms with E-state index in [9.17, 15) is 8.42 Å². The normalized spacial score (nSPS) is 12.4. The number of nitrogens with zero attached hydrogens (tertiary/aromatic N) is 1. The number of benzene rings is 1. The molecule has 0 radical (unpaired) electrons. The van der Waals surface area contributed by atoms with Crippen LogP contribution in [0.5, 0.6) is 0 Å². The number of nitrogens with two attached hydrogens (primary N) is 1. The number of fused-ring (bicyclic) bond motifs is 1. The van der Waals surface area contributed by atoms with Crippen LogP contribution in [-0.4, -0.2) is 25.1 Å². The average Bonchev–Trinajstić information content (AvgIpc) is 2.77. The topological polar surface area (TPSA) is 77.1 Å². The predicted molar refractivity (Wildman–Crippen MR) is 97.6 cm³/mol. The van der Waals surface area contributed by atoms with Crippen molar-refractivity contribution in [2.45, 2.75) is 44.0 Å². The van der Waals surface area contributed by atoms with Crippen molar-refractivity contribution in [2.24, 2.45) is 12.8 Å². The molecular formula is C16H26ClN3O2S. The largest absolute Gasteiger partial charge is 0.347 e. The number of aromatic nitrogens is 1. The fraction of sp³-hybridized carbons (Fsp3) is 0.500. The van der Waals surface area contributed by atoms with Crippen LogP contribution in [0.25, 0.3) is 10.9 Å². The molecule has 130 valence electrons. The molecule has 0 atom stereocenters. The molecule has 0 fully saturated rings. The Labute approximate surface area is 144 Å². The zero-order valence-corrected chi connectivity index (χ0v) is 15.7. The zero-order valence-electron chi connectivity index (χ0n) is 14.1. The standard InChI is InChI=1S/C16H25N3O2S.ClH/c1-5-16(17,6-2)11-18-22(20,21)15-12(3)19(4)14-10-8-7-9-13(14)15;/h7-10,18H,5-6,11,17H2,1-4H3;1H. The minimum absolute atomic E-state index is 0. The molecule has 2 rings (SSSR count). The molecule has 0 bridgehead atoms. The first-order valence-electron chi connectivity index (χ1n) is 7.58. The Bertz CT molecular complexity index is 780. The van der Waals surface area contributed by atoms with Crippen LogP contribution in [0.2, 0.25) is 0 Å². The van der Waals surface area contributed by atoms with Gasteiger partial charge >= 0.3 is 0 Å². The van der Waals surface area contributed by atoms with E-state index in [2.05, 4.69) is 4.72 Å². The molecule has 23 heavy (non-hydrogen) atoms. The first-order valence-corrected chi connectivity index (χ1v) is 9.06. The molecule has 0 unspecified atom stereocenters. The summed E-state index contributed by atoms with van der Waals surface area (Å²) < 4.78 is 30.2. The SMILES string of the molecule is CCC(N)(CC)CNS(=O)(=O)c1c(C)n(C)c2ccccc12.Cl. The summed E-state index contributed by atoms with van der Waals surface area (Å²) in [6, 6.07) is 7.52. The lowest BCUT2D eigenvalue weighted by Gasteiger charge is -2.26. The van der Waals surface area contributed by atoms with Gasteiger partial charge in [-0.15, -0.1) is 12.4 Å². The number of halogens is 1. The molecule has 1 aromatic carbocycles. The predicted octanol–water partition coefficient (Wildman–Crippen LogP) is 2.70. The van der Waals surface area contributed by atoms with Crippen molar-refractivity contribution in [1.29, 1.82) is 0 Å². The summed E-state index contributed by atoms with van der Waals surface area (Å²) in [5.41, 5.74) is 7.33. The molecule has 3 N–H and O–H groups in total. The van der Waals surface area contributed by atoms with Gasteiger partial charge in [0.2, 0.25) is 10.0 Å². The summed E-state index contributed by atoms with van der Waals surface area (Å²) in [5, 5.41) is 0.741. The van der Waals surface area contributed by atoms with Gasteiger partial charge in [-0.2, -0.15) is 0 Å². The van der Waals surface area contributed by atoms with Crippen LogP contribution in [0.15, 0.2) is 29.2 Å². The average molecular weight is 360 g/mol. The first-order chi connectivity index (χ1) is 10.3. The Kier molecular flexibility index (Phi) is 6.26. The number of hydrogen-bond donors (Lipinski definition) is 2. The molecule has 1 heterocycles. The second kappa shape index (κ2) is 7.21. The van der Waals surface area contributed by atoms with Gasteiger partial charge < -0.3 is 10.3 Å². The Hall–Kier alpha value is -1.08. The number of sulfonamides is 1. The van der Waals surface area contributed by atoms with Crippen LogP contribution in [0.1, 0.15) is 32.4 Å². The summed E-state index contributed by atoms with van der Waals surface area (Å²) in [7, 11) is -1.72. The van der Waals surface area contributed by atoms with Crippen LogP contribution < -0.4 is 10.5 Å². The monoisotopic (exact) mass is 359 g/mol. The van der Waals surface area contributed by atoms with Crippen molar-refractivity contribution in [1.82, 2.24) is 9.29 Å². The van der Waals surface area contributed by atoms with Gasteiger partial charge in [-0.3, -0.25) is 0 Å². The van der Waals surface area contributed by atoms with Gasteiger partial charge in [0.05, 0.1) is 0 Å². The number of hydrogen-bond acceptors (Lipinski definition) is 3. The third-order valence-corrected chi connectivity index (χ3v) is 6.21. The quantitative estimate of drug-likeness (QED) is 0.832. The Morgan fingerprint density at radius 1 is 1.22 bits per heavy atom. The third-order valence-electron chi connectivity index (χ3n) is 4.63. The van der Waals surface area contributed by atoms with E-state index in [0.717, 1.165) is 29.4 Å². The van der Waals surface area contributed by atoms with Gasteiger partial charge in [-0.1, -0.05) is 32.0 Å². The highest BCUT2D eigenvalue weighted by Gasteiger charge is 2.27. The fourth-order valence-electron chi connectivity index (χ4n) is 2.64. The summed E-state index contributed by atoms with van der Waals surface area (Å²) in [6.07, 6.45) is 1.45. The van der Waals surface area contributed by atoms with Crippen LogP contribution in [0.4, 0.5) is 0 Å². The summed E-state index contributed by atoms with van der Waals surface area (Å²) in [5.74, 6) is 0. The van der Waals surface area contributed by atoms with E-state index < -0.39 is 15.6 Å². The van der Waals surface area contributed by atoms with Crippen molar-refractivity contribution in [3.63, 3.8) is 0 Å². The maximum atomic E-state index is 12.8. The van der Waals surface area contributed by atoms with Crippen LogP contribution >= 0.6 is 12.4 Å². The minimum atomic E-state index is -3.60. The lowest BCUT2D eigenvalue weighted by Crippen LogP contribution is -2.49. The van der Waals surface area contributed by atoms with Crippen molar-refractivity contribution < 1.29 is 8.42 Å². The Balaban J connectivity index is 0.00000264. The van der Waals surface area contributed by atoms with Gasteiger partial charge in [0.1, 0.15) is 4.90 Å². The summed E-state index contributed by atoms with van der Waals surface area (Å²) in [4.78, 5) is 0.347. The van der Waals surface area contributed by atoms with E-state index in [1.54, 1.807) is 0 Å². The van der Waals surface area contributed by atoms with Gasteiger partial charge in [-0.25, -0.2) is 13.1 Å². The molecule has 0 aliphatic heterocycles. The highest BCUT2D eigenvalue weighted by molar-refractivity contribution is 7.89. The molecule has 0 aliphatic rings. The number of aryl methyl sites for hydroxylation is 1. The second-order valence-electron chi connectivity index (χ2n) is 5.88. The highest BCUT2D eigenvalue weighted by atomic mass is 35.5. The van der Waals surface area contributed by atoms with E-state index in [1.807, 2.05) is 56.7 Å². The molecule has 7 heteroatoms. The van der Waals surface area contributed by atoms with E-state index in [1.165, 1.54) is 0 Å². The lowest BCUT2D eigenvalue weighted by molar-refractivity contribution is 0.392. The molecule has 0 aliphatic carbocycles. The molecule has 0 saturated heterocycles. The molecule has 1 aromatic heterocycles. The van der Waals surface area contributed by atoms with Crippen molar-refractivity contribution in [3.8, 4) is 0 Å². The first kappa shape index (κ1) is 20.0.